The number of aryl methyl sites for hydroxylation is 1. The summed E-state index contributed by atoms with van der Waals surface area (Å²) in [4.78, 5) is 22.6. The van der Waals surface area contributed by atoms with Crippen LogP contribution in [0.3, 0.4) is 0 Å². The van der Waals surface area contributed by atoms with Crippen LogP contribution < -0.4 is 10.1 Å². The quantitative estimate of drug-likeness (QED) is 0.867. The van der Waals surface area contributed by atoms with E-state index in [2.05, 4.69) is 5.32 Å². The van der Waals surface area contributed by atoms with E-state index in [0.717, 1.165) is 30.8 Å². The van der Waals surface area contributed by atoms with Crippen LogP contribution in [-0.2, 0) is 16.0 Å². The third-order valence-corrected chi connectivity index (χ3v) is 3.62. The van der Waals surface area contributed by atoms with Crippen molar-refractivity contribution in [1.29, 1.82) is 0 Å². The van der Waals surface area contributed by atoms with Gasteiger partial charge in [-0.1, -0.05) is 0 Å². The number of fused-ring (bicyclic) bond motifs is 1. The van der Waals surface area contributed by atoms with Gasteiger partial charge in [0.15, 0.2) is 0 Å². The molecule has 1 heterocycles. The number of hydrogen-bond acceptors (Lipinski definition) is 3. The summed E-state index contributed by atoms with van der Waals surface area (Å²) in [5.74, 6) is -1.12. The van der Waals surface area contributed by atoms with Gasteiger partial charge in [0.1, 0.15) is 5.75 Å². The van der Waals surface area contributed by atoms with Crippen molar-refractivity contribution in [3.8, 4) is 5.75 Å². The first-order valence-electron chi connectivity index (χ1n) is 6.44. The van der Waals surface area contributed by atoms with E-state index in [-0.39, 0.29) is 11.8 Å². The number of nitrogens with one attached hydrogen (secondary N) is 1. The van der Waals surface area contributed by atoms with Gasteiger partial charge in [0, 0.05) is 5.69 Å². The van der Waals surface area contributed by atoms with E-state index in [0.29, 0.717) is 12.1 Å². The molecule has 1 fully saturated rings. The third-order valence-electron chi connectivity index (χ3n) is 3.62. The van der Waals surface area contributed by atoms with Crippen molar-refractivity contribution in [2.24, 2.45) is 11.8 Å². The van der Waals surface area contributed by atoms with Crippen LogP contribution in [0.4, 0.5) is 5.69 Å². The summed E-state index contributed by atoms with van der Waals surface area (Å²) in [6.45, 7) is 0.737. The molecular weight excluding hydrogens is 246 g/mol. The van der Waals surface area contributed by atoms with Crippen molar-refractivity contribution in [1.82, 2.24) is 0 Å². The summed E-state index contributed by atoms with van der Waals surface area (Å²) in [7, 11) is 0. The van der Waals surface area contributed by atoms with Gasteiger partial charge >= 0.3 is 5.97 Å². The fourth-order valence-corrected chi connectivity index (χ4v) is 2.43. The SMILES string of the molecule is O=C(O)C1CC1C(=O)Nc1ccc2c(c1)CCCO2. The average Bonchev–Trinajstić information content (AvgIpc) is 3.19. The van der Waals surface area contributed by atoms with Gasteiger partial charge in [-0.15, -0.1) is 0 Å². The van der Waals surface area contributed by atoms with Crippen molar-refractivity contribution < 1.29 is 19.4 Å². The van der Waals surface area contributed by atoms with Gasteiger partial charge in [-0.3, -0.25) is 9.59 Å². The predicted molar refractivity (Wildman–Crippen MR) is 68.1 cm³/mol. The zero-order valence-electron chi connectivity index (χ0n) is 10.4. The molecule has 1 aromatic rings. The summed E-state index contributed by atoms with van der Waals surface area (Å²) in [5, 5.41) is 11.6. The third kappa shape index (κ3) is 2.41. The lowest BCUT2D eigenvalue weighted by Gasteiger charge is -2.18. The standard InChI is InChI=1S/C14H15NO4/c16-13(10-7-11(10)14(17)18)15-9-3-4-12-8(6-9)2-1-5-19-12/h3-4,6,10-11H,1-2,5,7H2,(H,15,16)(H,17,18). The van der Waals surface area contributed by atoms with Crippen LogP contribution in [0.1, 0.15) is 18.4 Å². The summed E-state index contributed by atoms with van der Waals surface area (Å²) >= 11 is 0. The Hall–Kier alpha value is -2.04. The Balaban J connectivity index is 1.67. The number of carbonyl (C=O) groups is 2. The zero-order valence-corrected chi connectivity index (χ0v) is 10.4. The van der Waals surface area contributed by atoms with Crippen molar-refractivity contribution in [2.75, 3.05) is 11.9 Å². The van der Waals surface area contributed by atoms with Crippen LogP contribution in [0, 0.1) is 11.8 Å². The normalized spacial score (nSPS) is 24.0. The zero-order chi connectivity index (χ0) is 13.4. The van der Waals surface area contributed by atoms with Gasteiger partial charge in [0.05, 0.1) is 18.4 Å². The molecule has 2 unspecified atom stereocenters. The highest BCUT2D eigenvalue weighted by atomic mass is 16.5. The van der Waals surface area contributed by atoms with Gasteiger partial charge in [0.25, 0.3) is 0 Å². The molecular formula is C14H15NO4. The number of carboxylic acids is 1. The Labute approximate surface area is 110 Å². The molecule has 0 bridgehead atoms. The first-order chi connectivity index (χ1) is 9.15. The molecule has 0 aromatic heterocycles. The molecule has 0 saturated heterocycles. The molecule has 1 saturated carbocycles. The Morgan fingerprint density at radius 2 is 2.16 bits per heavy atom. The van der Waals surface area contributed by atoms with Gasteiger partial charge in [-0.05, 0) is 43.0 Å². The van der Waals surface area contributed by atoms with E-state index in [9.17, 15) is 9.59 Å². The molecule has 0 spiro atoms. The van der Waals surface area contributed by atoms with E-state index in [1.807, 2.05) is 12.1 Å². The van der Waals surface area contributed by atoms with E-state index in [4.69, 9.17) is 9.84 Å². The number of rotatable bonds is 3. The molecule has 2 aliphatic rings. The second-order valence-electron chi connectivity index (χ2n) is 5.05. The Morgan fingerprint density at radius 3 is 2.89 bits per heavy atom. The molecule has 5 heteroatoms. The van der Waals surface area contributed by atoms with Crippen molar-refractivity contribution in [3.05, 3.63) is 23.8 Å². The van der Waals surface area contributed by atoms with Crippen LogP contribution in [0.2, 0.25) is 0 Å². The molecule has 100 valence electrons. The van der Waals surface area contributed by atoms with Crippen molar-refractivity contribution in [2.45, 2.75) is 19.3 Å². The van der Waals surface area contributed by atoms with E-state index >= 15 is 0 Å². The predicted octanol–water partition coefficient (Wildman–Crippen LogP) is 1.67. The number of aliphatic carboxylic acids is 1. The monoisotopic (exact) mass is 261 g/mol. The summed E-state index contributed by atoms with van der Waals surface area (Å²) < 4.78 is 5.50. The largest absolute Gasteiger partial charge is 0.493 e. The number of hydrogen-bond donors (Lipinski definition) is 2. The topological polar surface area (TPSA) is 75.6 Å². The Bertz CT molecular complexity index is 540. The molecule has 19 heavy (non-hydrogen) atoms. The highest BCUT2D eigenvalue weighted by molar-refractivity contribution is 5.98. The highest BCUT2D eigenvalue weighted by Gasteiger charge is 2.48. The van der Waals surface area contributed by atoms with Crippen LogP contribution in [0.15, 0.2) is 18.2 Å². The van der Waals surface area contributed by atoms with E-state index < -0.39 is 11.9 Å². The number of carbonyl (C=O) groups excluding carboxylic acids is 1. The minimum atomic E-state index is -0.890. The lowest BCUT2D eigenvalue weighted by molar-refractivity contribution is -0.139. The molecule has 0 radical (unpaired) electrons. The molecule has 2 atom stereocenters. The number of ether oxygens (including phenoxy) is 1. The van der Waals surface area contributed by atoms with Crippen LogP contribution in [-0.4, -0.2) is 23.6 Å². The minimum absolute atomic E-state index is 0.205. The lowest BCUT2D eigenvalue weighted by Crippen LogP contribution is -2.17. The second-order valence-corrected chi connectivity index (χ2v) is 5.05. The molecule has 5 nitrogen and oxygen atoms in total. The van der Waals surface area contributed by atoms with Crippen LogP contribution >= 0.6 is 0 Å². The maximum absolute atomic E-state index is 11.9. The van der Waals surface area contributed by atoms with Crippen LogP contribution in [0.25, 0.3) is 0 Å². The molecule has 1 amide bonds. The second kappa shape index (κ2) is 4.57. The van der Waals surface area contributed by atoms with Gasteiger partial charge in [-0.25, -0.2) is 0 Å². The Morgan fingerprint density at radius 1 is 1.32 bits per heavy atom. The van der Waals surface area contributed by atoms with Gasteiger partial charge < -0.3 is 15.2 Å². The van der Waals surface area contributed by atoms with E-state index in [1.165, 1.54) is 0 Å². The summed E-state index contributed by atoms with van der Waals surface area (Å²) in [6.07, 6.45) is 2.36. The maximum Gasteiger partial charge on any atom is 0.307 e. The van der Waals surface area contributed by atoms with Crippen molar-refractivity contribution in [3.63, 3.8) is 0 Å². The molecule has 3 rings (SSSR count). The van der Waals surface area contributed by atoms with Gasteiger partial charge in [-0.2, -0.15) is 0 Å². The molecule has 1 aliphatic carbocycles. The molecule has 1 aliphatic heterocycles. The average molecular weight is 261 g/mol. The molecule has 1 aromatic carbocycles. The summed E-state index contributed by atoms with van der Waals surface area (Å²) in [5.41, 5.74) is 1.81. The Kier molecular flexibility index (Phi) is 2.89. The van der Waals surface area contributed by atoms with Crippen molar-refractivity contribution >= 4 is 17.6 Å². The van der Waals surface area contributed by atoms with E-state index in [1.54, 1.807) is 6.07 Å². The number of carboxylic acid groups (broad SMARTS) is 1. The first-order valence-corrected chi connectivity index (χ1v) is 6.44. The summed E-state index contributed by atoms with van der Waals surface area (Å²) in [6, 6.07) is 5.55. The fourth-order valence-electron chi connectivity index (χ4n) is 2.43. The lowest BCUT2D eigenvalue weighted by atomic mass is 10.1. The smallest absolute Gasteiger partial charge is 0.307 e. The number of anilines is 1. The fraction of sp³-hybridized carbons (Fsp3) is 0.429. The minimum Gasteiger partial charge on any atom is -0.493 e. The number of amides is 1. The van der Waals surface area contributed by atoms with Gasteiger partial charge in [0.2, 0.25) is 5.91 Å². The first kappa shape index (κ1) is 12.0. The highest BCUT2D eigenvalue weighted by Crippen LogP contribution is 2.39. The number of benzene rings is 1. The maximum atomic E-state index is 11.9. The van der Waals surface area contributed by atoms with Crippen LogP contribution in [0.5, 0.6) is 5.75 Å². The molecule has 2 N–H and O–H groups in total.